The predicted octanol–water partition coefficient (Wildman–Crippen LogP) is 7.68. The van der Waals surface area contributed by atoms with E-state index in [-0.39, 0.29) is 36.0 Å². The molecule has 0 aliphatic carbocycles. The van der Waals surface area contributed by atoms with Crippen molar-refractivity contribution in [1.29, 1.82) is 0 Å². The van der Waals surface area contributed by atoms with Crippen LogP contribution in [0.5, 0.6) is 11.5 Å². The smallest absolute Gasteiger partial charge is 0.797 e. The molecule has 0 spiro atoms. The Morgan fingerprint density at radius 2 is 1.06 bits per heavy atom. The molecule has 0 radical (unpaired) electrons. The third kappa shape index (κ3) is 8.09. The van der Waals surface area contributed by atoms with Gasteiger partial charge in [0.2, 0.25) is 0 Å². The molecule has 0 aliphatic heterocycles. The maximum atomic E-state index is 10.00. The molecule has 4 aromatic carbocycles. The van der Waals surface area contributed by atoms with E-state index >= 15 is 0 Å². The Labute approximate surface area is 234 Å². The van der Waals surface area contributed by atoms with Gasteiger partial charge < -0.3 is 15.6 Å². The van der Waals surface area contributed by atoms with Crippen LogP contribution in [-0.2, 0) is 19.5 Å². The van der Waals surface area contributed by atoms with Gasteiger partial charge in [0, 0.05) is 28.0 Å². The zero-order valence-electron chi connectivity index (χ0n) is 20.6. The van der Waals surface area contributed by atoms with Crippen LogP contribution in [-0.4, -0.2) is 27.3 Å². The van der Waals surface area contributed by atoms with Crippen LogP contribution in [0.15, 0.2) is 112 Å². The third-order valence-electron chi connectivity index (χ3n) is 5.07. The minimum absolute atomic E-state index is 0. The van der Waals surface area contributed by atoms with Crippen LogP contribution >= 0.6 is 23.5 Å². The van der Waals surface area contributed by atoms with Gasteiger partial charge in [-0.25, -0.2) is 0 Å². The van der Waals surface area contributed by atoms with E-state index in [4.69, 9.17) is 0 Å². The van der Waals surface area contributed by atoms with Crippen molar-refractivity contribution in [3.8, 4) is 11.5 Å². The number of para-hydroxylation sites is 2. The molecule has 36 heavy (non-hydrogen) atoms. The fourth-order valence-corrected chi connectivity index (χ4v) is 4.96. The van der Waals surface area contributed by atoms with Gasteiger partial charge in [-0.1, -0.05) is 78.5 Å². The summed E-state index contributed by atoms with van der Waals surface area (Å²) in [6.45, 7) is 4.06. The summed E-state index contributed by atoms with van der Waals surface area (Å²) in [6.07, 6.45) is 0. The summed E-state index contributed by atoms with van der Waals surface area (Å²) in [6, 6.07) is 30.0. The van der Waals surface area contributed by atoms with E-state index in [0.717, 1.165) is 26.0 Å². The summed E-state index contributed by atoms with van der Waals surface area (Å²) in [5.74, 6) is 0.352. The van der Waals surface area contributed by atoms with Crippen molar-refractivity contribution in [1.82, 2.24) is 0 Å². The molecule has 0 aromatic heterocycles. The third-order valence-corrected chi connectivity index (χ3v) is 7.44. The first-order valence-electron chi connectivity index (χ1n) is 11.0. The monoisotopic (exact) mass is 563 g/mol. The van der Waals surface area contributed by atoms with Gasteiger partial charge in [0.15, 0.2) is 0 Å². The van der Waals surface area contributed by atoms with Crippen LogP contribution in [0.3, 0.4) is 0 Å². The molecule has 0 aliphatic rings. The maximum absolute atomic E-state index is 10.00. The Morgan fingerprint density at radius 3 is 1.53 bits per heavy atom. The van der Waals surface area contributed by atoms with Gasteiger partial charge in [-0.2, -0.15) is 0 Å². The number of hydrogen-bond donors (Lipinski definition) is 2. The molecule has 4 aromatic rings. The minimum atomic E-state index is 0. The van der Waals surface area contributed by atoms with E-state index in [1.165, 1.54) is 17.3 Å². The van der Waals surface area contributed by atoms with Crippen molar-refractivity contribution in [2.24, 2.45) is 4.99 Å². The molecule has 0 amide bonds. The molecule has 4 nitrogen and oxygen atoms in total. The number of hydrogen-bond acceptors (Lipinski definition) is 5. The summed E-state index contributed by atoms with van der Waals surface area (Å²) < 4.78 is 0. The first-order chi connectivity index (χ1) is 16.9. The molecule has 0 bridgehead atoms. The number of benzene rings is 4. The number of nitrogens with zero attached hydrogens (tertiary/aromatic N) is 2. The summed E-state index contributed by atoms with van der Waals surface area (Å²) in [4.78, 5) is 6.41. The number of phenolic OH excluding ortho intramolecular Hbond substituents is 2. The predicted molar refractivity (Wildman–Crippen MR) is 150 cm³/mol. The van der Waals surface area contributed by atoms with Crippen LogP contribution < -0.4 is 0 Å². The molecule has 0 heterocycles. The molecule has 0 saturated heterocycles. The fourth-order valence-electron chi connectivity index (χ4n) is 3.14. The van der Waals surface area contributed by atoms with Gasteiger partial charge in [-0.05, 0) is 55.3 Å². The largest absolute Gasteiger partial charge is 2.00 e. The van der Waals surface area contributed by atoms with Crippen LogP contribution in [0.2, 0.25) is 0 Å². The molecule has 0 atom stereocenters. The Bertz CT molecular complexity index is 1340. The van der Waals surface area contributed by atoms with Gasteiger partial charge in [0.1, 0.15) is 16.5 Å². The Balaban J connectivity index is 0.000000247. The minimum Gasteiger partial charge on any atom is -0.797 e. The Kier molecular flexibility index (Phi) is 11.9. The van der Waals surface area contributed by atoms with Crippen LogP contribution in [0, 0.1) is 13.8 Å². The normalized spacial score (nSPS) is 10.6. The second kappa shape index (κ2) is 14.6. The SMILES string of the molecule is CN=C(Sc1ccccc1C)c1ccccc1O.Cc1ccccc1SC(=[N-])c1ccccc1O.[Zn+2]. The van der Waals surface area contributed by atoms with E-state index < -0.39 is 0 Å². The number of aliphatic imine (C=N–C) groups is 1. The first-order valence-corrected chi connectivity index (χ1v) is 12.6. The van der Waals surface area contributed by atoms with Crippen molar-refractivity contribution in [2.75, 3.05) is 7.05 Å². The first kappa shape index (κ1) is 29.4. The summed E-state index contributed by atoms with van der Waals surface area (Å²) in [5, 5.41) is 30.4. The molecular weight excluding hydrogens is 538 g/mol. The number of aromatic hydroxyl groups is 2. The number of thioether (sulfide) groups is 2. The van der Waals surface area contributed by atoms with Crippen LogP contribution in [0.25, 0.3) is 5.41 Å². The molecule has 0 fully saturated rings. The van der Waals surface area contributed by atoms with Crippen molar-refractivity contribution >= 4 is 33.6 Å². The molecular formula is C29H27N2O2S2Zn+. The topological polar surface area (TPSA) is 75.1 Å². The molecule has 0 saturated carbocycles. The second-order valence-electron chi connectivity index (χ2n) is 7.60. The maximum Gasteiger partial charge on any atom is 2.00 e. The Hall–Kier alpha value is -2.86. The zero-order valence-corrected chi connectivity index (χ0v) is 25.2. The quantitative estimate of drug-likeness (QED) is 0.115. The van der Waals surface area contributed by atoms with E-state index in [1.54, 1.807) is 49.1 Å². The molecule has 178 valence electrons. The van der Waals surface area contributed by atoms with Gasteiger partial charge in [-0.15, -0.1) is 16.8 Å². The zero-order chi connectivity index (χ0) is 25.2. The van der Waals surface area contributed by atoms with Gasteiger partial charge in [0.25, 0.3) is 0 Å². The number of phenols is 2. The number of rotatable bonds is 4. The number of aryl methyl sites for hydroxylation is 2. The van der Waals surface area contributed by atoms with E-state index in [0.29, 0.717) is 5.56 Å². The van der Waals surface area contributed by atoms with E-state index in [1.807, 2.05) is 61.5 Å². The average Bonchev–Trinajstić information content (AvgIpc) is 2.86. The molecule has 7 heteroatoms. The van der Waals surface area contributed by atoms with E-state index in [2.05, 4.69) is 24.0 Å². The van der Waals surface area contributed by atoms with Crippen molar-refractivity contribution in [3.05, 3.63) is 125 Å². The Morgan fingerprint density at radius 1 is 0.639 bits per heavy atom. The molecule has 0 unspecified atom stereocenters. The summed E-state index contributed by atoms with van der Waals surface area (Å²) in [7, 11) is 1.74. The van der Waals surface area contributed by atoms with E-state index in [9.17, 15) is 15.6 Å². The second-order valence-corrected chi connectivity index (χ2v) is 9.66. The van der Waals surface area contributed by atoms with Gasteiger partial charge in [-0.3, -0.25) is 4.99 Å². The van der Waals surface area contributed by atoms with Gasteiger partial charge >= 0.3 is 19.5 Å². The molecule has 2 N–H and O–H groups in total. The van der Waals surface area contributed by atoms with Crippen molar-refractivity contribution < 1.29 is 29.7 Å². The standard InChI is InChI=1S/C15H15NOS.C14H12NOS.Zn/c1-11-7-3-6-10-14(11)18-15(16-2)12-8-4-5-9-13(12)17;1-10-6-2-5-9-13(10)17-14(15)11-7-3-4-8-12(11)16;/h3-10,17H,1-2H3;2-9,16H,1H3;/q;-1;+2. The van der Waals surface area contributed by atoms with Crippen molar-refractivity contribution in [3.63, 3.8) is 0 Å². The average molecular weight is 565 g/mol. The summed E-state index contributed by atoms with van der Waals surface area (Å²) in [5.41, 5.74) is 3.53. The van der Waals surface area contributed by atoms with Crippen molar-refractivity contribution in [2.45, 2.75) is 23.6 Å². The fraction of sp³-hybridized carbons (Fsp3) is 0.103. The molecule has 4 rings (SSSR count). The van der Waals surface area contributed by atoms with Crippen LogP contribution in [0.4, 0.5) is 0 Å². The summed E-state index contributed by atoms with van der Waals surface area (Å²) >= 11 is 2.82. The van der Waals surface area contributed by atoms with Gasteiger partial charge in [0.05, 0.1) is 0 Å². The van der Waals surface area contributed by atoms with Crippen LogP contribution in [0.1, 0.15) is 22.3 Å².